The van der Waals surface area contributed by atoms with Gasteiger partial charge in [-0.15, -0.1) is 11.3 Å². The molecule has 1 N–H and O–H groups in total. The van der Waals surface area contributed by atoms with Gasteiger partial charge in [0.05, 0.1) is 43.3 Å². The van der Waals surface area contributed by atoms with Crippen molar-refractivity contribution in [1.29, 1.82) is 0 Å². The molecule has 1 aliphatic heterocycles. The fraction of sp³-hybridized carbons (Fsp3) is 0.300. The van der Waals surface area contributed by atoms with Gasteiger partial charge in [0.25, 0.3) is 11.5 Å². The molecule has 2 atom stereocenters. The molecule has 0 bridgehead atoms. The van der Waals surface area contributed by atoms with Crippen LogP contribution in [0, 0.1) is 6.92 Å². The van der Waals surface area contributed by atoms with Crippen molar-refractivity contribution in [3.8, 4) is 17.0 Å². The first kappa shape index (κ1) is 19.3. The average molecular weight is 412 g/mol. The summed E-state index contributed by atoms with van der Waals surface area (Å²) in [5.41, 5.74) is 3.53. The van der Waals surface area contributed by atoms with Crippen LogP contribution in [0.25, 0.3) is 11.3 Å². The second-order valence-electron chi connectivity index (χ2n) is 6.68. The summed E-state index contributed by atoms with van der Waals surface area (Å²) >= 11 is 1.28. The molecular weight excluding hydrogens is 392 g/mol. The first-order valence-corrected chi connectivity index (χ1v) is 9.98. The van der Waals surface area contributed by atoms with Gasteiger partial charge in [-0.3, -0.25) is 9.59 Å². The maximum absolute atomic E-state index is 12.6. The third-order valence-corrected chi connectivity index (χ3v) is 5.75. The van der Waals surface area contributed by atoms with Crippen molar-refractivity contribution >= 4 is 17.2 Å². The summed E-state index contributed by atoms with van der Waals surface area (Å²) in [6.45, 7) is 2.39. The topological polar surface area (TPSA) is 95.3 Å². The molecule has 0 aliphatic carbocycles. The maximum atomic E-state index is 12.6. The third-order valence-electron chi connectivity index (χ3n) is 4.82. The number of aromatic nitrogens is 3. The molecule has 4 rings (SSSR count). The zero-order valence-electron chi connectivity index (χ0n) is 16.0. The number of amides is 1. The van der Waals surface area contributed by atoms with Crippen LogP contribution in [-0.2, 0) is 4.74 Å². The Morgan fingerprint density at radius 3 is 2.93 bits per heavy atom. The Bertz CT molecular complexity index is 1090. The summed E-state index contributed by atoms with van der Waals surface area (Å²) in [5, 5.41) is 7.51. The van der Waals surface area contributed by atoms with E-state index >= 15 is 0 Å². The number of methoxy groups -OCH3 is 1. The van der Waals surface area contributed by atoms with Gasteiger partial charge in [-0.05, 0) is 25.1 Å². The predicted molar refractivity (Wildman–Crippen MR) is 108 cm³/mol. The van der Waals surface area contributed by atoms with E-state index in [-0.39, 0.29) is 17.5 Å². The van der Waals surface area contributed by atoms with Crippen molar-refractivity contribution < 1.29 is 14.3 Å². The lowest BCUT2D eigenvalue weighted by molar-refractivity contribution is 0.0928. The third kappa shape index (κ3) is 3.92. The summed E-state index contributed by atoms with van der Waals surface area (Å²) in [6.07, 6.45) is 0. The summed E-state index contributed by atoms with van der Waals surface area (Å²) in [6, 6.07) is 9.86. The predicted octanol–water partition coefficient (Wildman–Crippen LogP) is 2.05. The van der Waals surface area contributed by atoms with Crippen LogP contribution in [0.3, 0.4) is 0 Å². The van der Waals surface area contributed by atoms with Crippen LogP contribution in [-0.4, -0.2) is 47.0 Å². The monoisotopic (exact) mass is 412 g/mol. The second kappa shape index (κ2) is 8.14. The smallest absolute Gasteiger partial charge is 0.267 e. The van der Waals surface area contributed by atoms with E-state index in [1.165, 1.54) is 22.1 Å². The maximum Gasteiger partial charge on any atom is 0.267 e. The van der Waals surface area contributed by atoms with Crippen molar-refractivity contribution in [2.24, 2.45) is 0 Å². The number of ether oxygens (including phenoxy) is 2. The Morgan fingerprint density at radius 2 is 2.17 bits per heavy atom. The molecule has 3 heterocycles. The molecular formula is C20H20N4O4S. The van der Waals surface area contributed by atoms with E-state index in [2.05, 4.69) is 15.4 Å². The minimum Gasteiger partial charge on any atom is -0.497 e. The van der Waals surface area contributed by atoms with Gasteiger partial charge in [0.2, 0.25) is 0 Å². The van der Waals surface area contributed by atoms with Crippen LogP contribution in [0.4, 0.5) is 0 Å². The number of hydrogen-bond donors (Lipinski definition) is 1. The number of carbonyl (C=O) groups excluding carboxylic acids is 1. The van der Waals surface area contributed by atoms with E-state index in [0.29, 0.717) is 35.2 Å². The summed E-state index contributed by atoms with van der Waals surface area (Å²) in [7, 11) is 1.60. The van der Waals surface area contributed by atoms with Gasteiger partial charge in [-0.2, -0.15) is 5.10 Å². The molecule has 1 fully saturated rings. The minimum atomic E-state index is -0.398. The van der Waals surface area contributed by atoms with Gasteiger partial charge >= 0.3 is 0 Å². The molecule has 29 heavy (non-hydrogen) atoms. The number of nitrogens with one attached hydrogen (secondary N) is 1. The van der Waals surface area contributed by atoms with Crippen LogP contribution in [0.2, 0.25) is 0 Å². The van der Waals surface area contributed by atoms with E-state index < -0.39 is 6.04 Å². The van der Waals surface area contributed by atoms with Crippen LogP contribution in [0.15, 0.2) is 46.7 Å². The van der Waals surface area contributed by atoms with Crippen molar-refractivity contribution in [1.82, 2.24) is 20.1 Å². The lowest BCUT2D eigenvalue weighted by atomic mass is 10.1. The van der Waals surface area contributed by atoms with E-state index in [1.54, 1.807) is 25.6 Å². The number of thiazole rings is 1. The highest BCUT2D eigenvalue weighted by atomic mass is 32.1. The van der Waals surface area contributed by atoms with Gasteiger partial charge in [-0.25, -0.2) is 9.67 Å². The average Bonchev–Trinajstić information content (AvgIpc) is 3.37. The van der Waals surface area contributed by atoms with Crippen molar-refractivity contribution in [2.45, 2.75) is 19.0 Å². The van der Waals surface area contributed by atoms with E-state index in [4.69, 9.17) is 9.47 Å². The van der Waals surface area contributed by atoms with Crippen LogP contribution in [0.5, 0.6) is 5.75 Å². The van der Waals surface area contributed by atoms with Crippen LogP contribution >= 0.6 is 11.3 Å². The normalized spacial score (nSPS) is 18.6. The number of aryl methyl sites for hydroxylation is 1. The lowest BCUT2D eigenvalue weighted by Gasteiger charge is -2.20. The molecule has 2 aromatic heterocycles. The largest absolute Gasteiger partial charge is 0.497 e. The minimum absolute atomic E-state index is 0.220. The Labute approximate surface area is 171 Å². The number of carbonyl (C=O) groups is 1. The van der Waals surface area contributed by atoms with E-state index in [1.807, 2.05) is 24.3 Å². The Kier molecular flexibility index (Phi) is 5.41. The second-order valence-corrected chi connectivity index (χ2v) is 7.54. The molecule has 3 aromatic rings. The molecule has 8 nitrogen and oxygen atoms in total. The standard InChI is InChI=1S/C20H20N4O4S/c1-12-19(29-11-21-12)20(26)22-16-9-28-10-17(16)24-18(25)7-6-15(23-24)13-4-3-5-14(8-13)27-2/h3-8,11,16-17H,9-10H2,1-2H3,(H,22,26). The fourth-order valence-electron chi connectivity index (χ4n) is 3.27. The molecule has 2 unspecified atom stereocenters. The summed E-state index contributed by atoms with van der Waals surface area (Å²) < 4.78 is 12.2. The molecule has 1 saturated heterocycles. The van der Waals surface area contributed by atoms with Gasteiger partial charge in [0.15, 0.2) is 0 Å². The van der Waals surface area contributed by atoms with E-state index in [0.717, 1.165) is 5.56 Å². The quantitative estimate of drug-likeness (QED) is 0.689. The lowest BCUT2D eigenvalue weighted by Crippen LogP contribution is -2.44. The van der Waals surface area contributed by atoms with Crippen molar-refractivity contribution in [3.63, 3.8) is 0 Å². The van der Waals surface area contributed by atoms with E-state index in [9.17, 15) is 9.59 Å². The number of nitrogens with zero attached hydrogens (tertiary/aromatic N) is 3. The van der Waals surface area contributed by atoms with Crippen molar-refractivity contribution in [3.05, 3.63) is 62.8 Å². The highest BCUT2D eigenvalue weighted by Crippen LogP contribution is 2.23. The Morgan fingerprint density at radius 1 is 1.31 bits per heavy atom. The van der Waals surface area contributed by atoms with Crippen molar-refractivity contribution in [2.75, 3.05) is 20.3 Å². The molecule has 0 radical (unpaired) electrons. The molecule has 1 amide bonds. The number of rotatable bonds is 5. The zero-order chi connectivity index (χ0) is 20.4. The fourth-order valence-corrected chi connectivity index (χ4v) is 3.98. The first-order chi connectivity index (χ1) is 14.1. The zero-order valence-corrected chi connectivity index (χ0v) is 16.8. The van der Waals surface area contributed by atoms with Crippen LogP contribution < -0.4 is 15.6 Å². The Hall–Kier alpha value is -3.04. The summed E-state index contributed by atoms with van der Waals surface area (Å²) in [4.78, 5) is 29.8. The molecule has 0 spiro atoms. The van der Waals surface area contributed by atoms with Gasteiger partial charge in [0, 0.05) is 11.6 Å². The summed E-state index contributed by atoms with van der Waals surface area (Å²) in [5.74, 6) is 0.485. The SMILES string of the molecule is COc1cccc(-c2ccc(=O)n(C3COCC3NC(=O)c3scnc3C)n2)c1. The van der Waals surface area contributed by atoms with Gasteiger partial charge in [0.1, 0.15) is 16.7 Å². The Balaban J connectivity index is 1.62. The highest BCUT2D eigenvalue weighted by molar-refractivity contribution is 7.11. The first-order valence-electron chi connectivity index (χ1n) is 9.10. The number of hydrogen-bond acceptors (Lipinski definition) is 7. The molecule has 1 aromatic carbocycles. The molecule has 0 saturated carbocycles. The van der Waals surface area contributed by atoms with Gasteiger partial charge in [-0.1, -0.05) is 12.1 Å². The molecule has 1 aliphatic rings. The molecule has 9 heteroatoms. The number of benzene rings is 1. The van der Waals surface area contributed by atoms with Gasteiger partial charge < -0.3 is 14.8 Å². The highest BCUT2D eigenvalue weighted by Gasteiger charge is 2.33. The van der Waals surface area contributed by atoms with Crippen LogP contribution in [0.1, 0.15) is 21.4 Å². The molecule has 150 valence electrons.